The molecule has 1 N–H and O–H groups in total. The van der Waals surface area contributed by atoms with Gasteiger partial charge in [-0.3, -0.25) is 9.69 Å². The van der Waals surface area contributed by atoms with Crippen LogP contribution in [0.25, 0.3) is 0 Å². The van der Waals surface area contributed by atoms with Crippen molar-refractivity contribution in [1.29, 1.82) is 0 Å². The quantitative estimate of drug-likeness (QED) is 0.443. The van der Waals surface area contributed by atoms with Gasteiger partial charge in [0.15, 0.2) is 0 Å². The second-order valence-electron chi connectivity index (χ2n) is 4.49. The van der Waals surface area contributed by atoms with Crippen molar-refractivity contribution in [3.05, 3.63) is 0 Å². The average Bonchev–Trinajstić information content (AvgIpc) is 2.29. The third-order valence-corrected chi connectivity index (χ3v) is 3.34. The second-order valence-corrected chi connectivity index (χ2v) is 4.85. The van der Waals surface area contributed by atoms with Gasteiger partial charge in [0.25, 0.3) is 0 Å². The normalized spacial score (nSPS) is 12.9. The van der Waals surface area contributed by atoms with Crippen LogP contribution in [0.5, 0.6) is 0 Å². The monoisotopic (exact) mass is 261 g/mol. The fourth-order valence-electron chi connectivity index (χ4n) is 1.90. The molecule has 0 fully saturated rings. The van der Waals surface area contributed by atoms with Crippen LogP contribution >= 0.6 is 12.6 Å². The van der Waals surface area contributed by atoms with E-state index in [1.807, 2.05) is 0 Å². The first-order valence-electron chi connectivity index (χ1n) is 6.75. The zero-order chi connectivity index (χ0) is 13.1. The predicted molar refractivity (Wildman–Crippen MR) is 75.9 cm³/mol. The zero-order valence-corrected chi connectivity index (χ0v) is 12.1. The van der Waals surface area contributed by atoms with E-state index in [4.69, 9.17) is 5.11 Å². The van der Waals surface area contributed by atoms with Crippen molar-refractivity contribution in [1.82, 2.24) is 4.90 Å². The standard InChI is InChI=1S/C13H27NO2S/c1-3-5-7-9-14(10-8-6-4-2)12(11-17)13(15)16/h12,17H,3-11H2,1-2H3,(H,15,16). The maximum atomic E-state index is 11.1. The third kappa shape index (κ3) is 7.66. The highest BCUT2D eigenvalue weighted by atomic mass is 32.1. The molecule has 3 nitrogen and oxygen atoms in total. The molecule has 102 valence electrons. The minimum atomic E-state index is -0.743. The fraction of sp³-hybridized carbons (Fsp3) is 0.923. The fourth-order valence-corrected chi connectivity index (χ4v) is 2.29. The lowest BCUT2D eigenvalue weighted by Crippen LogP contribution is -2.43. The van der Waals surface area contributed by atoms with Gasteiger partial charge in [-0.15, -0.1) is 0 Å². The molecule has 0 aliphatic carbocycles. The van der Waals surface area contributed by atoms with E-state index in [9.17, 15) is 4.79 Å². The Hall–Kier alpha value is -0.220. The Labute approximate surface area is 111 Å². The number of carbonyl (C=O) groups is 1. The lowest BCUT2D eigenvalue weighted by Gasteiger charge is -2.27. The molecule has 0 aliphatic heterocycles. The van der Waals surface area contributed by atoms with E-state index in [-0.39, 0.29) is 0 Å². The van der Waals surface area contributed by atoms with E-state index < -0.39 is 12.0 Å². The Morgan fingerprint density at radius 1 is 1.12 bits per heavy atom. The Balaban J connectivity index is 4.20. The molecule has 0 bridgehead atoms. The smallest absolute Gasteiger partial charge is 0.321 e. The molecule has 0 amide bonds. The Bertz CT molecular complexity index is 190. The minimum absolute atomic E-state index is 0.396. The molecule has 0 aromatic rings. The third-order valence-electron chi connectivity index (χ3n) is 3.00. The Kier molecular flexibility index (Phi) is 10.8. The van der Waals surface area contributed by atoms with E-state index >= 15 is 0 Å². The number of nitrogens with zero attached hydrogens (tertiary/aromatic N) is 1. The maximum absolute atomic E-state index is 11.1. The van der Waals surface area contributed by atoms with Crippen LogP contribution in [0.4, 0.5) is 0 Å². The van der Waals surface area contributed by atoms with Gasteiger partial charge in [0, 0.05) is 5.75 Å². The summed E-state index contributed by atoms with van der Waals surface area (Å²) < 4.78 is 0. The van der Waals surface area contributed by atoms with Crippen LogP contribution in [0.15, 0.2) is 0 Å². The van der Waals surface area contributed by atoms with E-state index in [1.165, 1.54) is 25.7 Å². The Morgan fingerprint density at radius 3 is 1.88 bits per heavy atom. The van der Waals surface area contributed by atoms with Crippen molar-refractivity contribution in [3.8, 4) is 0 Å². The van der Waals surface area contributed by atoms with Crippen LogP contribution in [-0.2, 0) is 4.79 Å². The summed E-state index contributed by atoms with van der Waals surface area (Å²) in [5, 5.41) is 9.17. The molecule has 0 radical (unpaired) electrons. The van der Waals surface area contributed by atoms with E-state index in [0.717, 1.165) is 25.9 Å². The average molecular weight is 261 g/mol. The summed E-state index contributed by atoms with van der Waals surface area (Å²) in [5.41, 5.74) is 0. The molecule has 0 aliphatic rings. The molecular weight excluding hydrogens is 234 g/mol. The molecule has 17 heavy (non-hydrogen) atoms. The molecule has 4 heteroatoms. The summed E-state index contributed by atoms with van der Waals surface area (Å²) in [6, 6.07) is -0.424. The van der Waals surface area contributed by atoms with E-state index in [2.05, 4.69) is 31.4 Å². The maximum Gasteiger partial charge on any atom is 0.321 e. The van der Waals surface area contributed by atoms with Crippen molar-refractivity contribution < 1.29 is 9.90 Å². The first-order valence-corrected chi connectivity index (χ1v) is 7.38. The molecule has 0 saturated heterocycles. The van der Waals surface area contributed by atoms with Gasteiger partial charge in [0.05, 0.1) is 0 Å². The number of rotatable bonds is 11. The molecule has 0 saturated carbocycles. The number of thiol groups is 1. The van der Waals surface area contributed by atoms with Gasteiger partial charge in [-0.05, 0) is 25.9 Å². The predicted octanol–water partition coefficient (Wildman–Crippen LogP) is 3.05. The number of hydrogen-bond donors (Lipinski definition) is 2. The molecule has 1 atom stereocenters. The molecule has 0 rings (SSSR count). The van der Waals surface area contributed by atoms with Crippen molar-refractivity contribution in [3.63, 3.8) is 0 Å². The van der Waals surface area contributed by atoms with Gasteiger partial charge in [0.1, 0.15) is 6.04 Å². The van der Waals surface area contributed by atoms with E-state index in [0.29, 0.717) is 5.75 Å². The molecule has 1 unspecified atom stereocenters. The molecule has 0 spiro atoms. The topological polar surface area (TPSA) is 40.5 Å². The van der Waals surface area contributed by atoms with Crippen LogP contribution in [-0.4, -0.2) is 40.9 Å². The molecular formula is C13H27NO2S. The van der Waals surface area contributed by atoms with Crippen molar-refractivity contribution >= 4 is 18.6 Å². The summed E-state index contributed by atoms with van der Waals surface area (Å²) in [7, 11) is 0. The first-order chi connectivity index (χ1) is 8.17. The van der Waals surface area contributed by atoms with Crippen molar-refractivity contribution in [2.45, 2.75) is 58.4 Å². The summed E-state index contributed by atoms with van der Waals surface area (Å²) in [6.45, 7) is 6.09. The first kappa shape index (κ1) is 16.8. The highest BCUT2D eigenvalue weighted by Crippen LogP contribution is 2.09. The van der Waals surface area contributed by atoms with Crippen molar-refractivity contribution in [2.75, 3.05) is 18.8 Å². The summed E-state index contributed by atoms with van der Waals surface area (Å²) >= 11 is 4.16. The number of hydrogen-bond acceptors (Lipinski definition) is 3. The molecule has 0 aromatic carbocycles. The number of unbranched alkanes of at least 4 members (excludes halogenated alkanes) is 4. The van der Waals surface area contributed by atoms with Crippen molar-refractivity contribution in [2.24, 2.45) is 0 Å². The summed E-state index contributed by atoms with van der Waals surface area (Å²) in [5.74, 6) is -0.346. The highest BCUT2D eigenvalue weighted by molar-refractivity contribution is 7.80. The summed E-state index contributed by atoms with van der Waals surface area (Å²) in [6.07, 6.45) is 6.84. The van der Waals surface area contributed by atoms with Gasteiger partial charge in [-0.1, -0.05) is 39.5 Å². The van der Waals surface area contributed by atoms with Gasteiger partial charge < -0.3 is 5.11 Å². The van der Waals surface area contributed by atoms with Gasteiger partial charge in [0.2, 0.25) is 0 Å². The molecule has 0 heterocycles. The lowest BCUT2D eigenvalue weighted by molar-refractivity contribution is -0.142. The molecule has 0 aromatic heterocycles. The van der Waals surface area contributed by atoms with Gasteiger partial charge in [-0.25, -0.2) is 0 Å². The zero-order valence-electron chi connectivity index (χ0n) is 11.2. The number of carboxylic acid groups (broad SMARTS) is 1. The minimum Gasteiger partial charge on any atom is -0.480 e. The van der Waals surface area contributed by atoms with Crippen LogP contribution < -0.4 is 0 Å². The largest absolute Gasteiger partial charge is 0.480 e. The second kappa shape index (κ2) is 10.9. The van der Waals surface area contributed by atoms with Gasteiger partial charge >= 0.3 is 5.97 Å². The Morgan fingerprint density at radius 2 is 1.59 bits per heavy atom. The van der Waals surface area contributed by atoms with Crippen LogP contribution in [0.3, 0.4) is 0 Å². The SMILES string of the molecule is CCCCCN(CCCCC)C(CS)C(=O)O. The highest BCUT2D eigenvalue weighted by Gasteiger charge is 2.23. The lowest BCUT2D eigenvalue weighted by atomic mass is 10.1. The van der Waals surface area contributed by atoms with Gasteiger partial charge in [-0.2, -0.15) is 12.6 Å². The van der Waals surface area contributed by atoms with Crippen LogP contribution in [0.2, 0.25) is 0 Å². The number of carboxylic acids is 1. The van der Waals surface area contributed by atoms with Crippen LogP contribution in [0, 0.1) is 0 Å². The van der Waals surface area contributed by atoms with E-state index in [1.54, 1.807) is 0 Å². The summed E-state index contributed by atoms with van der Waals surface area (Å²) in [4.78, 5) is 13.2. The number of aliphatic carboxylic acids is 1. The van der Waals surface area contributed by atoms with Crippen LogP contribution in [0.1, 0.15) is 52.4 Å².